The van der Waals surface area contributed by atoms with Crippen molar-refractivity contribution in [3.8, 4) is 0 Å². The predicted octanol–water partition coefficient (Wildman–Crippen LogP) is 15.8. The smallest absolute Gasteiger partial charge is 0.249 e. The number of amides is 1. The van der Waals surface area contributed by atoms with E-state index in [4.69, 9.17) is 0 Å². The Hall–Kier alpha value is -1.73. The number of hydrogen-bond donors (Lipinski definition) is 5. The van der Waals surface area contributed by atoms with Crippen LogP contribution in [0.15, 0.2) is 48.6 Å². The van der Waals surface area contributed by atoms with Crippen molar-refractivity contribution >= 4 is 5.91 Å². The average Bonchev–Trinajstić information content (AvgIpc) is 3.29. The van der Waals surface area contributed by atoms with Crippen LogP contribution in [-0.2, 0) is 4.79 Å². The molecule has 0 bridgehead atoms. The fourth-order valence-corrected chi connectivity index (χ4v) is 8.39. The minimum atomic E-state index is -1.29. The third-order valence-electron chi connectivity index (χ3n) is 12.7. The summed E-state index contributed by atoms with van der Waals surface area (Å²) in [6.07, 6.45) is 64.6. The topological polar surface area (TPSA) is 110 Å². The van der Waals surface area contributed by atoms with Crippen molar-refractivity contribution in [1.29, 1.82) is 0 Å². The van der Waals surface area contributed by atoms with Gasteiger partial charge in [0.2, 0.25) is 5.91 Å². The molecule has 370 valence electrons. The van der Waals surface area contributed by atoms with Gasteiger partial charge in [0.15, 0.2) is 0 Å². The SMILES string of the molecule is CCCCCCCCCCC/C=C\C/C=C\CCCCCCCCCCCCC(O)C(=O)NC(CO)C(O)C(O)CCC/C=C/CC/C=C/CCCCCCCCCCCCCC. The number of hydrogen-bond acceptors (Lipinski definition) is 5. The molecule has 0 fully saturated rings. The van der Waals surface area contributed by atoms with Crippen molar-refractivity contribution in [2.45, 2.75) is 301 Å². The first-order chi connectivity index (χ1) is 31.0. The lowest BCUT2D eigenvalue weighted by molar-refractivity contribution is -0.132. The van der Waals surface area contributed by atoms with Crippen LogP contribution < -0.4 is 5.32 Å². The minimum absolute atomic E-state index is 0.355. The Morgan fingerprint density at radius 1 is 0.397 bits per heavy atom. The Balaban J connectivity index is 3.72. The Bertz CT molecular complexity index is 1040. The average molecular weight is 886 g/mol. The molecular weight excluding hydrogens is 779 g/mol. The zero-order valence-electron chi connectivity index (χ0n) is 41.8. The van der Waals surface area contributed by atoms with E-state index in [0.29, 0.717) is 19.3 Å². The van der Waals surface area contributed by atoms with Gasteiger partial charge < -0.3 is 25.7 Å². The maximum atomic E-state index is 12.6. The first-order valence-electron chi connectivity index (χ1n) is 27.5. The highest BCUT2D eigenvalue weighted by molar-refractivity contribution is 5.80. The van der Waals surface area contributed by atoms with E-state index in [2.05, 4.69) is 67.8 Å². The minimum Gasteiger partial charge on any atom is -0.394 e. The molecule has 0 saturated carbocycles. The van der Waals surface area contributed by atoms with E-state index in [1.165, 1.54) is 199 Å². The molecular formula is C57H107NO5. The fraction of sp³-hybridized carbons (Fsp3) is 0.842. The van der Waals surface area contributed by atoms with Gasteiger partial charge in [-0.25, -0.2) is 0 Å². The van der Waals surface area contributed by atoms with Gasteiger partial charge in [-0.2, -0.15) is 0 Å². The summed E-state index contributed by atoms with van der Waals surface area (Å²) in [5.74, 6) is -0.599. The molecule has 0 aliphatic carbocycles. The van der Waals surface area contributed by atoms with Gasteiger partial charge in [-0.1, -0.05) is 242 Å². The summed E-state index contributed by atoms with van der Waals surface area (Å²) in [4.78, 5) is 12.6. The van der Waals surface area contributed by atoms with E-state index < -0.39 is 36.9 Å². The molecule has 0 radical (unpaired) electrons. The number of allylic oxidation sites excluding steroid dienone is 8. The lowest BCUT2D eigenvalue weighted by atomic mass is 10.00. The van der Waals surface area contributed by atoms with Crippen molar-refractivity contribution in [2.75, 3.05) is 6.61 Å². The molecule has 1 amide bonds. The molecule has 0 rings (SSSR count). The van der Waals surface area contributed by atoms with E-state index in [1.807, 2.05) is 0 Å². The molecule has 0 spiro atoms. The summed E-state index contributed by atoms with van der Waals surface area (Å²) in [5, 5.41) is 43.9. The molecule has 0 aliphatic heterocycles. The molecule has 4 atom stereocenters. The predicted molar refractivity (Wildman–Crippen MR) is 274 cm³/mol. The van der Waals surface area contributed by atoms with Gasteiger partial charge in [0.1, 0.15) is 12.2 Å². The fourth-order valence-electron chi connectivity index (χ4n) is 8.39. The van der Waals surface area contributed by atoms with Crippen LogP contribution in [-0.4, -0.2) is 57.3 Å². The molecule has 0 saturated heterocycles. The highest BCUT2D eigenvalue weighted by Gasteiger charge is 2.28. The van der Waals surface area contributed by atoms with Gasteiger partial charge in [-0.15, -0.1) is 0 Å². The lowest BCUT2D eigenvalue weighted by Crippen LogP contribution is -2.53. The summed E-state index contributed by atoms with van der Waals surface area (Å²) in [6, 6.07) is -1.01. The monoisotopic (exact) mass is 886 g/mol. The maximum absolute atomic E-state index is 12.6. The van der Waals surface area contributed by atoms with E-state index in [0.717, 1.165) is 44.9 Å². The number of unbranched alkanes of at least 4 members (excludes halogenated alkanes) is 33. The molecule has 0 aromatic heterocycles. The molecule has 6 nitrogen and oxygen atoms in total. The molecule has 0 aliphatic rings. The van der Waals surface area contributed by atoms with Crippen LogP contribution in [0.1, 0.15) is 277 Å². The van der Waals surface area contributed by atoms with Crippen molar-refractivity contribution in [2.24, 2.45) is 0 Å². The van der Waals surface area contributed by atoms with Crippen LogP contribution in [0.2, 0.25) is 0 Å². The van der Waals surface area contributed by atoms with E-state index in [-0.39, 0.29) is 0 Å². The molecule has 0 heterocycles. The Labute approximate surface area is 391 Å². The van der Waals surface area contributed by atoms with Crippen LogP contribution in [0.3, 0.4) is 0 Å². The highest BCUT2D eigenvalue weighted by atomic mass is 16.3. The van der Waals surface area contributed by atoms with Crippen LogP contribution in [0.25, 0.3) is 0 Å². The zero-order valence-corrected chi connectivity index (χ0v) is 41.8. The second-order valence-electron chi connectivity index (χ2n) is 18.9. The number of rotatable bonds is 50. The quantitative estimate of drug-likeness (QED) is 0.0309. The molecule has 5 N–H and O–H groups in total. The van der Waals surface area contributed by atoms with Gasteiger partial charge in [0, 0.05) is 0 Å². The van der Waals surface area contributed by atoms with Crippen LogP contribution >= 0.6 is 0 Å². The second kappa shape index (κ2) is 51.3. The van der Waals surface area contributed by atoms with Gasteiger partial charge in [-0.05, 0) is 83.5 Å². The Kier molecular flexibility index (Phi) is 49.8. The third-order valence-corrected chi connectivity index (χ3v) is 12.7. The molecule has 4 unspecified atom stereocenters. The van der Waals surface area contributed by atoms with Gasteiger partial charge in [-0.3, -0.25) is 4.79 Å². The molecule has 0 aromatic rings. The van der Waals surface area contributed by atoms with Gasteiger partial charge >= 0.3 is 0 Å². The zero-order chi connectivity index (χ0) is 45.9. The Morgan fingerprint density at radius 2 is 0.714 bits per heavy atom. The Morgan fingerprint density at radius 3 is 1.10 bits per heavy atom. The van der Waals surface area contributed by atoms with Crippen LogP contribution in [0, 0.1) is 0 Å². The first kappa shape index (κ1) is 61.3. The highest BCUT2D eigenvalue weighted by Crippen LogP contribution is 2.16. The summed E-state index contributed by atoms with van der Waals surface area (Å²) in [7, 11) is 0. The van der Waals surface area contributed by atoms with Crippen molar-refractivity contribution in [3.63, 3.8) is 0 Å². The van der Waals surface area contributed by atoms with Gasteiger partial charge in [0.05, 0.1) is 18.8 Å². The van der Waals surface area contributed by atoms with Crippen LogP contribution in [0.4, 0.5) is 0 Å². The van der Waals surface area contributed by atoms with Crippen LogP contribution in [0.5, 0.6) is 0 Å². The summed E-state index contributed by atoms with van der Waals surface area (Å²) in [5.41, 5.74) is 0. The number of carbonyl (C=O) groups is 1. The van der Waals surface area contributed by atoms with Crippen molar-refractivity contribution < 1.29 is 25.2 Å². The van der Waals surface area contributed by atoms with E-state index in [9.17, 15) is 25.2 Å². The largest absolute Gasteiger partial charge is 0.394 e. The van der Waals surface area contributed by atoms with E-state index in [1.54, 1.807) is 0 Å². The first-order valence-corrected chi connectivity index (χ1v) is 27.5. The molecule has 0 aromatic carbocycles. The molecule has 6 heteroatoms. The van der Waals surface area contributed by atoms with Crippen molar-refractivity contribution in [1.82, 2.24) is 5.32 Å². The maximum Gasteiger partial charge on any atom is 0.249 e. The third kappa shape index (κ3) is 45.2. The summed E-state index contributed by atoms with van der Waals surface area (Å²) >= 11 is 0. The standard InChI is InChI=1S/C57H107NO5/c1-3-5-7-9-11-13-15-17-19-21-23-25-26-27-28-29-31-33-35-37-39-41-43-45-47-49-51-55(61)57(63)58-53(52-59)56(62)54(60)50-48-46-44-42-40-38-36-34-32-30-24-22-20-18-16-14-12-10-8-6-4-2/h23,25,27-28,34,36,42,44,53-56,59-62H,3-22,24,26,29-33,35,37-41,43,45-52H2,1-2H3,(H,58,63)/b25-23-,28-27-,36-34+,44-42+. The van der Waals surface area contributed by atoms with Crippen molar-refractivity contribution in [3.05, 3.63) is 48.6 Å². The number of carbonyl (C=O) groups excluding carboxylic acids is 1. The van der Waals surface area contributed by atoms with Gasteiger partial charge in [0.25, 0.3) is 0 Å². The summed E-state index contributed by atoms with van der Waals surface area (Å²) < 4.78 is 0. The molecule has 63 heavy (non-hydrogen) atoms. The summed E-state index contributed by atoms with van der Waals surface area (Å²) in [6.45, 7) is 4.06. The number of aliphatic hydroxyl groups is 4. The lowest BCUT2D eigenvalue weighted by Gasteiger charge is -2.27. The normalized spacial score (nSPS) is 14.2. The second-order valence-corrected chi connectivity index (χ2v) is 18.9. The number of aliphatic hydroxyl groups excluding tert-OH is 4. The number of nitrogens with one attached hydrogen (secondary N) is 1. The van der Waals surface area contributed by atoms with E-state index >= 15 is 0 Å².